The van der Waals surface area contributed by atoms with Gasteiger partial charge in [-0.05, 0) is 57.0 Å². The number of carbonyl (C=O) groups is 1. The van der Waals surface area contributed by atoms with Crippen molar-refractivity contribution in [1.29, 1.82) is 0 Å². The Bertz CT molecular complexity index is 1110. The van der Waals surface area contributed by atoms with Crippen molar-refractivity contribution in [3.63, 3.8) is 0 Å². The van der Waals surface area contributed by atoms with Crippen LogP contribution in [0, 0.1) is 13.8 Å². The number of nitrogens with zero attached hydrogens (tertiary/aromatic N) is 3. The molecule has 7 nitrogen and oxygen atoms in total. The topological polar surface area (TPSA) is 78.3 Å². The van der Waals surface area contributed by atoms with E-state index in [1.165, 1.54) is 22.9 Å². The average molecular weight is 439 g/mol. The molecule has 31 heavy (non-hydrogen) atoms. The minimum atomic E-state index is -0.147. The van der Waals surface area contributed by atoms with E-state index in [2.05, 4.69) is 41.5 Å². The van der Waals surface area contributed by atoms with Gasteiger partial charge in [0.05, 0.1) is 18.0 Å². The third-order valence-corrected chi connectivity index (χ3v) is 6.13. The van der Waals surface area contributed by atoms with Crippen LogP contribution in [-0.4, -0.2) is 39.1 Å². The molecular formula is C23H26N4O3S. The average Bonchev–Trinajstić information content (AvgIpc) is 3.34. The van der Waals surface area contributed by atoms with E-state index in [0.29, 0.717) is 23.2 Å². The molecule has 4 rings (SSSR count). The second-order valence-corrected chi connectivity index (χ2v) is 8.55. The molecule has 0 saturated heterocycles. The van der Waals surface area contributed by atoms with E-state index in [0.717, 1.165) is 23.4 Å². The number of amides is 1. The van der Waals surface area contributed by atoms with Gasteiger partial charge in [-0.1, -0.05) is 17.8 Å². The second kappa shape index (κ2) is 9.01. The summed E-state index contributed by atoms with van der Waals surface area (Å²) in [5.41, 5.74) is 5.11. The first-order valence-electron chi connectivity index (χ1n) is 10.3. The van der Waals surface area contributed by atoms with Crippen LogP contribution in [-0.2, 0) is 11.2 Å². The van der Waals surface area contributed by atoms with Crippen LogP contribution in [0.1, 0.15) is 30.5 Å². The van der Waals surface area contributed by atoms with Crippen LogP contribution in [0.15, 0.2) is 41.8 Å². The maximum absolute atomic E-state index is 12.7. The van der Waals surface area contributed by atoms with E-state index in [1.54, 1.807) is 6.33 Å². The molecule has 1 N–H and O–H groups in total. The Morgan fingerprint density at radius 3 is 2.90 bits per heavy atom. The third kappa shape index (κ3) is 4.69. The molecule has 1 aromatic heterocycles. The summed E-state index contributed by atoms with van der Waals surface area (Å²) in [6.07, 6.45) is 2.63. The van der Waals surface area contributed by atoms with E-state index < -0.39 is 0 Å². The molecule has 1 aliphatic rings. The molecule has 0 saturated carbocycles. The minimum absolute atomic E-state index is 0.128. The SMILES string of the molecule is CCOc1cc2c(cc1NC(=O)CSc1nncn1-c1ccc(C)c(C)c1)OC(C)C2. The molecule has 162 valence electrons. The van der Waals surface area contributed by atoms with Gasteiger partial charge in [0, 0.05) is 23.7 Å². The van der Waals surface area contributed by atoms with Gasteiger partial charge in [-0.3, -0.25) is 9.36 Å². The summed E-state index contributed by atoms with van der Waals surface area (Å²) in [6, 6.07) is 9.99. The van der Waals surface area contributed by atoms with Crippen molar-refractivity contribution in [2.24, 2.45) is 0 Å². The Morgan fingerprint density at radius 2 is 2.13 bits per heavy atom. The summed E-state index contributed by atoms with van der Waals surface area (Å²) in [5, 5.41) is 11.8. The number of thioether (sulfide) groups is 1. The molecule has 0 spiro atoms. The van der Waals surface area contributed by atoms with Crippen molar-refractivity contribution in [3.8, 4) is 17.2 Å². The van der Waals surface area contributed by atoms with Crippen LogP contribution in [0.4, 0.5) is 5.69 Å². The standard InChI is InChI=1S/C23H26N4O3S/c1-5-29-21-10-17-9-16(4)30-20(17)11-19(21)25-22(28)12-31-23-26-24-13-27(23)18-7-6-14(2)15(3)8-18/h6-8,10-11,13,16H,5,9,12H2,1-4H3,(H,25,28). The number of rotatable bonds is 7. The summed E-state index contributed by atoms with van der Waals surface area (Å²) in [5.74, 6) is 1.51. The first-order valence-corrected chi connectivity index (χ1v) is 11.3. The number of benzene rings is 2. The zero-order valence-corrected chi connectivity index (χ0v) is 19.0. The molecule has 1 atom stereocenters. The number of hydrogen-bond donors (Lipinski definition) is 1. The highest BCUT2D eigenvalue weighted by Crippen LogP contribution is 2.38. The van der Waals surface area contributed by atoms with Crippen molar-refractivity contribution < 1.29 is 14.3 Å². The summed E-state index contributed by atoms with van der Waals surface area (Å²) in [7, 11) is 0. The monoisotopic (exact) mass is 438 g/mol. The van der Waals surface area contributed by atoms with Crippen molar-refractivity contribution in [2.75, 3.05) is 17.7 Å². The van der Waals surface area contributed by atoms with Gasteiger partial charge in [-0.25, -0.2) is 0 Å². The molecule has 1 amide bonds. The predicted octanol–water partition coefficient (Wildman–Crippen LogP) is 4.34. The Morgan fingerprint density at radius 1 is 1.29 bits per heavy atom. The van der Waals surface area contributed by atoms with Crippen molar-refractivity contribution in [3.05, 3.63) is 53.3 Å². The van der Waals surface area contributed by atoms with Crippen molar-refractivity contribution in [2.45, 2.75) is 45.4 Å². The molecule has 2 heterocycles. The van der Waals surface area contributed by atoms with Gasteiger partial charge < -0.3 is 14.8 Å². The van der Waals surface area contributed by atoms with Crippen LogP contribution in [0.5, 0.6) is 11.5 Å². The minimum Gasteiger partial charge on any atom is -0.492 e. The number of anilines is 1. The zero-order valence-electron chi connectivity index (χ0n) is 18.1. The maximum atomic E-state index is 12.7. The molecular weight excluding hydrogens is 412 g/mol. The van der Waals surface area contributed by atoms with Gasteiger partial charge in [-0.15, -0.1) is 10.2 Å². The van der Waals surface area contributed by atoms with E-state index in [-0.39, 0.29) is 17.8 Å². The van der Waals surface area contributed by atoms with Crippen LogP contribution < -0.4 is 14.8 Å². The lowest BCUT2D eigenvalue weighted by Gasteiger charge is -2.13. The lowest BCUT2D eigenvalue weighted by atomic mass is 10.1. The quantitative estimate of drug-likeness (QED) is 0.553. The van der Waals surface area contributed by atoms with Gasteiger partial charge in [0.1, 0.15) is 23.9 Å². The largest absolute Gasteiger partial charge is 0.492 e. The van der Waals surface area contributed by atoms with Gasteiger partial charge >= 0.3 is 0 Å². The lowest BCUT2D eigenvalue weighted by molar-refractivity contribution is -0.113. The molecule has 0 bridgehead atoms. The number of aromatic nitrogens is 3. The summed E-state index contributed by atoms with van der Waals surface area (Å²) >= 11 is 1.34. The second-order valence-electron chi connectivity index (χ2n) is 7.61. The number of aryl methyl sites for hydroxylation is 2. The summed E-state index contributed by atoms with van der Waals surface area (Å²) in [6.45, 7) is 8.62. The van der Waals surface area contributed by atoms with E-state index >= 15 is 0 Å². The lowest BCUT2D eigenvalue weighted by Crippen LogP contribution is -2.15. The van der Waals surface area contributed by atoms with Crippen LogP contribution in [0.25, 0.3) is 5.69 Å². The van der Waals surface area contributed by atoms with Gasteiger partial charge in [0.2, 0.25) is 5.91 Å². The number of nitrogens with one attached hydrogen (secondary N) is 1. The van der Waals surface area contributed by atoms with Crippen LogP contribution in [0.2, 0.25) is 0 Å². The zero-order chi connectivity index (χ0) is 22.0. The van der Waals surface area contributed by atoms with E-state index in [9.17, 15) is 4.79 Å². The molecule has 2 aromatic carbocycles. The molecule has 8 heteroatoms. The van der Waals surface area contributed by atoms with E-state index in [1.807, 2.05) is 36.6 Å². The fourth-order valence-electron chi connectivity index (χ4n) is 3.50. The smallest absolute Gasteiger partial charge is 0.234 e. The molecule has 0 fully saturated rings. The number of ether oxygens (including phenoxy) is 2. The van der Waals surface area contributed by atoms with Crippen LogP contribution >= 0.6 is 11.8 Å². The highest BCUT2D eigenvalue weighted by Gasteiger charge is 2.23. The van der Waals surface area contributed by atoms with Gasteiger partial charge in [0.25, 0.3) is 0 Å². The fourth-order valence-corrected chi connectivity index (χ4v) is 4.23. The third-order valence-electron chi connectivity index (χ3n) is 5.19. The Labute approximate surface area is 186 Å². The molecule has 0 radical (unpaired) electrons. The highest BCUT2D eigenvalue weighted by atomic mass is 32.2. The van der Waals surface area contributed by atoms with Crippen LogP contribution in [0.3, 0.4) is 0 Å². The number of carbonyl (C=O) groups excluding carboxylic acids is 1. The highest BCUT2D eigenvalue weighted by molar-refractivity contribution is 7.99. The Kier molecular flexibility index (Phi) is 6.18. The van der Waals surface area contributed by atoms with Crippen molar-refractivity contribution in [1.82, 2.24) is 14.8 Å². The number of fused-ring (bicyclic) bond motifs is 1. The Balaban J connectivity index is 1.46. The van der Waals surface area contributed by atoms with E-state index in [4.69, 9.17) is 9.47 Å². The normalized spacial score (nSPS) is 14.8. The van der Waals surface area contributed by atoms with Crippen molar-refractivity contribution >= 4 is 23.4 Å². The molecule has 3 aromatic rings. The molecule has 0 aliphatic carbocycles. The first kappa shape index (κ1) is 21.2. The van der Waals surface area contributed by atoms with Gasteiger partial charge in [0.15, 0.2) is 5.16 Å². The summed E-state index contributed by atoms with van der Waals surface area (Å²) in [4.78, 5) is 12.7. The van der Waals surface area contributed by atoms with Gasteiger partial charge in [-0.2, -0.15) is 0 Å². The summed E-state index contributed by atoms with van der Waals surface area (Å²) < 4.78 is 13.5. The Hall–Kier alpha value is -3.00. The predicted molar refractivity (Wildman–Crippen MR) is 122 cm³/mol. The molecule has 1 aliphatic heterocycles. The fraction of sp³-hybridized carbons (Fsp3) is 0.348. The number of hydrogen-bond acceptors (Lipinski definition) is 6. The molecule has 1 unspecified atom stereocenters. The maximum Gasteiger partial charge on any atom is 0.234 e. The first-order chi connectivity index (χ1) is 14.9.